The number of β-amino-alcohol motifs (C(OH)–C–C–N with tert-alkyl or cyclic N) is 1. The van der Waals surface area contributed by atoms with Crippen LogP contribution in [-0.2, 0) is 20.6 Å². The Morgan fingerprint density at radius 2 is 1.83 bits per heavy atom. The Bertz CT molecular complexity index is 1180. The van der Waals surface area contributed by atoms with Gasteiger partial charge in [0.25, 0.3) is 5.56 Å². The Balaban J connectivity index is 1.41. The van der Waals surface area contributed by atoms with Crippen LogP contribution in [0.3, 0.4) is 0 Å². The van der Waals surface area contributed by atoms with Crippen molar-refractivity contribution in [3.63, 3.8) is 0 Å². The number of hydrogen-bond donors (Lipinski definition) is 1. The van der Waals surface area contributed by atoms with Gasteiger partial charge in [0.15, 0.2) is 11.2 Å². The minimum atomic E-state index is -0.665. The molecule has 3 aromatic rings. The van der Waals surface area contributed by atoms with Crippen molar-refractivity contribution in [1.29, 1.82) is 0 Å². The van der Waals surface area contributed by atoms with Crippen molar-refractivity contribution in [2.45, 2.75) is 12.6 Å². The van der Waals surface area contributed by atoms with Crippen LogP contribution in [-0.4, -0.2) is 67.5 Å². The Morgan fingerprint density at radius 1 is 1.10 bits per heavy atom. The van der Waals surface area contributed by atoms with E-state index in [2.05, 4.69) is 14.8 Å². The maximum absolute atomic E-state index is 12.5. The highest BCUT2D eigenvalue weighted by atomic mass is 35.5. The molecule has 4 rings (SSSR count). The molecule has 1 N–H and O–H groups in total. The normalized spacial score (nSPS) is 16.3. The smallest absolute Gasteiger partial charge is 0.332 e. The number of hydrogen-bond acceptors (Lipinski definition) is 6. The minimum Gasteiger partial charge on any atom is -0.390 e. The van der Waals surface area contributed by atoms with Crippen LogP contribution in [0.15, 0.2) is 40.2 Å². The third-order valence-corrected chi connectivity index (χ3v) is 5.87. The molecule has 0 radical (unpaired) electrons. The molecular formula is C20H25ClN6O3. The second-order valence-electron chi connectivity index (χ2n) is 7.70. The molecule has 0 unspecified atom stereocenters. The molecule has 10 heteroatoms. The average molecular weight is 433 g/mol. The summed E-state index contributed by atoms with van der Waals surface area (Å²) in [6.07, 6.45) is 0.841. The van der Waals surface area contributed by atoms with Crippen LogP contribution in [0.1, 0.15) is 0 Å². The van der Waals surface area contributed by atoms with Gasteiger partial charge in [0.2, 0.25) is 0 Å². The summed E-state index contributed by atoms with van der Waals surface area (Å²) in [6.45, 7) is 4.08. The highest BCUT2D eigenvalue weighted by Crippen LogP contribution is 2.21. The van der Waals surface area contributed by atoms with E-state index >= 15 is 0 Å². The molecule has 1 aromatic carbocycles. The van der Waals surface area contributed by atoms with Gasteiger partial charge in [-0.1, -0.05) is 17.7 Å². The summed E-state index contributed by atoms with van der Waals surface area (Å²) in [4.78, 5) is 33.3. The number of benzene rings is 1. The van der Waals surface area contributed by atoms with E-state index in [0.717, 1.165) is 41.5 Å². The van der Waals surface area contributed by atoms with Crippen molar-refractivity contribution >= 4 is 28.5 Å². The van der Waals surface area contributed by atoms with Crippen LogP contribution in [0.25, 0.3) is 11.2 Å². The predicted molar refractivity (Wildman–Crippen MR) is 116 cm³/mol. The van der Waals surface area contributed by atoms with Gasteiger partial charge in [-0.15, -0.1) is 0 Å². The number of aryl methyl sites for hydroxylation is 1. The van der Waals surface area contributed by atoms with Crippen LogP contribution in [0.2, 0.25) is 5.02 Å². The van der Waals surface area contributed by atoms with Crippen LogP contribution in [0.4, 0.5) is 5.69 Å². The van der Waals surface area contributed by atoms with Crippen LogP contribution in [0, 0.1) is 0 Å². The molecule has 1 saturated heterocycles. The lowest BCUT2D eigenvalue weighted by Gasteiger charge is -2.37. The third-order valence-electron chi connectivity index (χ3n) is 5.64. The Labute approximate surface area is 178 Å². The fourth-order valence-electron chi connectivity index (χ4n) is 3.98. The molecule has 0 amide bonds. The zero-order valence-corrected chi connectivity index (χ0v) is 17.8. The highest BCUT2D eigenvalue weighted by Gasteiger charge is 2.21. The average Bonchev–Trinajstić information content (AvgIpc) is 3.14. The lowest BCUT2D eigenvalue weighted by Crippen LogP contribution is -2.49. The van der Waals surface area contributed by atoms with Crippen molar-refractivity contribution in [3.05, 3.63) is 56.5 Å². The predicted octanol–water partition coefficient (Wildman–Crippen LogP) is 0.270. The molecule has 0 bridgehead atoms. The monoisotopic (exact) mass is 432 g/mol. The van der Waals surface area contributed by atoms with Gasteiger partial charge < -0.3 is 14.6 Å². The zero-order valence-electron chi connectivity index (χ0n) is 17.0. The molecule has 0 spiro atoms. The SMILES string of the molecule is Cn1c(=O)c2c(ncn2C[C@H](O)CN2CCN(c3cccc(Cl)c3)CC2)n(C)c1=O. The summed E-state index contributed by atoms with van der Waals surface area (Å²) < 4.78 is 4.03. The van der Waals surface area contributed by atoms with Gasteiger partial charge in [-0.2, -0.15) is 0 Å². The number of aliphatic hydroxyl groups excluding tert-OH is 1. The van der Waals surface area contributed by atoms with E-state index in [9.17, 15) is 14.7 Å². The maximum Gasteiger partial charge on any atom is 0.332 e. The fraction of sp³-hybridized carbons (Fsp3) is 0.450. The maximum atomic E-state index is 12.5. The van der Waals surface area contributed by atoms with E-state index < -0.39 is 17.4 Å². The van der Waals surface area contributed by atoms with E-state index in [1.165, 1.54) is 17.9 Å². The molecule has 1 fully saturated rings. The Kier molecular flexibility index (Phi) is 5.68. The van der Waals surface area contributed by atoms with Crippen molar-refractivity contribution in [3.8, 4) is 0 Å². The fourth-order valence-corrected chi connectivity index (χ4v) is 4.16. The number of fused-ring (bicyclic) bond motifs is 1. The van der Waals surface area contributed by atoms with Crippen molar-refractivity contribution in [2.75, 3.05) is 37.6 Å². The molecule has 9 nitrogen and oxygen atoms in total. The minimum absolute atomic E-state index is 0.235. The summed E-state index contributed by atoms with van der Waals surface area (Å²) in [5.74, 6) is 0. The Morgan fingerprint density at radius 3 is 2.53 bits per heavy atom. The lowest BCUT2D eigenvalue weighted by atomic mass is 10.2. The van der Waals surface area contributed by atoms with Crippen LogP contribution < -0.4 is 16.1 Å². The zero-order chi connectivity index (χ0) is 21.4. The third kappa shape index (κ3) is 3.88. The first kappa shape index (κ1) is 20.6. The number of rotatable bonds is 5. The first-order valence-electron chi connectivity index (χ1n) is 9.87. The highest BCUT2D eigenvalue weighted by molar-refractivity contribution is 6.30. The molecule has 1 atom stereocenters. The molecule has 3 heterocycles. The first-order valence-corrected chi connectivity index (χ1v) is 10.2. The molecule has 0 aliphatic carbocycles. The number of nitrogens with zero attached hydrogens (tertiary/aromatic N) is 6. The second-order valence-corrected chi connectivity index (χ2v) is 8.13. The van der Waals surface area contributed by atoms with Crippen LogP contribution in [0.5, 0.6) is 0 Å². The van der Waals surface area contributed by atoms with E-state index in [0.29, 0.717) is 17.7 Å². The lowest BCUT2D eigenvalue weighted by molar-refractivity contribution is 0.0958. The van der Waals surface area contributed by atoms with E-state index in [-0.39, 0.29) is 6.54 Å². The van der Waals surface area contributed by atoms with E-state index in [4.69, 9.17) is 11.6 Å². The first-order chi connectivity index (χ1) is 14.3. The molecular weight excluding hydrogens is 408 g/mol. The van der Waals surface area contributed by atoms with Crippen LogP contribution >= 0.6 is 11.6 Å². The molecule has 30 heavy (non-hydrogen) atoms. The van der Waals surface area contributed by atoms with Gasteiger partial charge in [0, 0.05) is 57.5 Å². The standard InChI is InChI=1S/C20H25ClN6O3/c1-23-18-17(19(29)24(2)20(23)30)27(13-22-18)12-16(28)11-25-6-8-26(9-7-25)15-5-3-4-14(21)10-15/h3-5,10,13,16,28H,6-9,11-12H2,1-2H3/t16-/m1/s1. The van der Waals surface area contributed by atoms with E-state index in [1.807, 2.05) is 24.3 Å². The van der Waals surface area contributed by atoms with Gasteiger partial charge in [-0.3, -0.25) is 18.8 Å². The number of aliphatic hydroxyl groups is 1. The number of anilines is 1. The van der Waals surface area contributed by atoms with Crippen molar-refractivity contribution < 1.29 is 5.11 Å². The second kappa shape index (κ2) is 8.25. The van der Waals surface area contributed by atoms with Crippen molar-refractivity contribution in [2.24, 2.45) is 14.1 Å². The Hall–Kier alpha value is -2.62. The number of piperazine rings is 1. The summed E-state index contributed by atoms with van der Waals surface area (Å²) >= 11 is 6.09. The van der Waals surface area contributed by atoms with Gasteiger partial charge in [0.05, 0.1) is 19.0 Å². The number of aromatic nitrogens is 4. The molecule has 1 aliphatic heterocycles. The molecule has 160 valence electrons. The topological polar surface area (TPSA) is 88.5 Å². The summed E-state index contributed by atoms with van der Waals surface area (Å²) in [7, 11) is 3.02. The van der Waals surface area contributed by atoms with Gasteiger partial charge in [-0.25, -0.2) is 9.78 Å². The molecule has 2 aromatic heterocycles. The largest absolute Gasteiger partial charge is 0.390 e. The molecule has 1 aliphatic rings. The van der Waals surface area contributed by atoms with E-state index in [1.54, 1.807) is 11.6 Å². The quantitative estimate of drug-likeness (QED) is 0.622. The van der Waals surface area contributed by atoms with Gasteiger partial charge >= 0.3 is 5.69 Å². The summed E-state index contributed by atoms with van der Waals surface area (Å²) in [5.41, 5.74) is 0.924. The number of halogens is 1. The van der Waals surface area contributed by atoms with Crippen molar-refractivity contribution in [1.82, 2.24) is 23.6 Å². The summed E-state index contributed by atoms with van der Waals surface area (Å²) in [6, 6.07) is 7.82. The summed E-state index contributed by atoms with van der Waals surface area (Å²) in [5, 5.41) is 11.4. The van der Waals surface area contributed by atoms with Gasteiger partial charge in [-0.05, 0) is 18.2 Å². The molecule has 0 saturated carbocycles. The number of imidazole rings is 1. The van der Waals surface area contributed by atoms with Gasteiger partial charge in [0.1, 0.15) is 0 Å².